The Morgan fingerprint density at radius 2 is 2.35 bits per heavy atom. The van der Waals surface area contributed by atoms with Crippen LogP contribution < -0.4 is 16.0 Å². The van der Waals surface area contributed by atoms with E-state index in [1.165, 1.54) is 6.20 Å². The van der Waals surface area contributed by atoms with Crippen molar-refractivity contribution in [2.24, 2.45) is 5.73 Å². The van der Waals surface area contributed by atoms with E-state index in [9.17, 15) is 9.59 Å². The smallest absolute Gasteiger partial charge is 0.252 e. The van der Waals surface area contributed by atoms with Crippen molar-refractivity contribution in [1.82, 2.24) is 10.3 Å². The van der Waals surface area contributed by atoms with E-state index in [1.54, 1.807) is 12.3 Å². The van der Waals surface area contributed by atoms with Gasteiger partial charge in [0.15, 0.2) is 0 Å². The molecule has 1 atom stereocenters. The number of amides is 2. The van der Waals surface area contributed by atoms with Crippen molar-refractivity contribution in [3.63, 3.8) is 0 Å². The van der Waals surface area contributed by atoms with E-state index in [0.29, 0.717) is 18.5 Å². The van der Waals surface area contributed by atoms with Crippen molar-refractivity contribution in [2.75, 3.05) is 18.0 Å². The lowest BCUT2D eigenvalue weighted by Crippen LogP contribution is -2.48. The third kappa shape index (κ3) is 3.26. The summed E-state index contributed by atoms with van der Waals surface area (Å²) in [7, 11) is 0. The molecule has 1 aromatic rings. The number of pyridine rings is 1. The SMILES string of the molecule is CCC(=O)NC1CCCN(c2ccncc2C(N)=O)C1. The number of carbonyl (C=O) groups excluding carboxylic acids is 2. The molecule has 2 rings (SSSR count). The Morgan fingerprint density at radius 1 is 1.55 bits per heavy atom. The normalized spacial score (nSPS) is 18.6. The summed E-state index contributed by atoms with van der Waals surface area (Å²) in [4.78, 5) is 29.0. The van der Waals surface area contributed by atoms with Gasteiger partial charge in [0.2, 0.25) is 5.91 Å². The molecule has 3 N–H and O–H groups in total. The first-order chi connectivity index (χ1) is 9.61. The molecule has 6 nitrogen and oxygen atoms in total. The van der Waals surface area contributed by atoms with E-state index < -0.39 is 5.91 Å². The molecule has 0 spiro atoms. The number of hydrogen-bond acceptors (Lipinski definition) is 4. The molecular weight excluding hydrogens is 256 g/mol. The number of anilines is 1. The van der Waals surface area contributed by atoms with Crippen LogP contribution in [-0.4, -0.2) is 35.9 Å². The van der Waals surface area contributed by atoms with E-state index in [-0.39, 0.29) is 11.9 Å². The predicted molar refractivity (Wildman–Crippen MR) is 76.4 cm³/mol. The maximum atomic E-state index is 11.5. The number of nitrogens with two attached hydrogens (primary N) is 1. The zero-order valence-corrected chi connectivity index (χ0v) is 11.6. The van der Waals surface area contributed by atoms with Crippen molar-refractivity contribution >= 4 is 17.5 Å². The first kappa shape index (κ1) is 14.3. The van der Waals surface area contributed by atoms with Gasteiger partial charge in [-0.3, -0.25) is 14.6 Å². The number of primary amides is 1. The van der Waals surface area contributed by atoms with Crippen LogP contribution in [0.2, 0.25) is 0 Å². The quantitative estimate of drug-likeness (QED) is 0.846. The second-order valence-corrected chi connectivity index (χ2v) is 4.96. The summed E-state index contributed by atoms with van der Waals surface area (Å²) in [6.45, 7) is 3.38. The minimum absolute atomic E-state index is 0.0571. The number of carbonyl (C=O) groups is 2. The fourth-order valence-corrected chi connectivity index (χ4v) is 2.50. The zero-order valence-electron chi connectivity index (χ0n) is 11.6. The molecule has 108 valence electrons. The van der Waals surface area contributed by atoms with Gasteiger partial charge in [0.1, 0.15) is 0 Å². The Kier molecular flexibility index (Phi) is 4.55. The van der Waals surface area contributed by atoms with Crippen LogP contribution in [0.5, 0.6) is 0 Å². The largest absolute Gasteiger partial charge is 0.369 e. The summed E-state index contributed by atoms with van der Waals surface area (Å²) in [5.74, 6) is -0.422. The molecule has 1 fully saturated rings. The topological polar surface area (TPSA) is 88.3 Å². The average Bonchev–Trinajstić information content (AvgIpc) is 2.47. The molecule has 1 saturated heterocycles. The van der Waals surface area contributed by atoms with Crippen LogP contribution in [0.15, 0.2) is 18.5 Å². The molecular formula is C14H20N4O2. The molecule has 1 aliphatic rings. The molecule has 20 heavy (non-hydrogen) atoms. The highest BCUT2D eigenvalue weighted by atomic mass is 16.2. The number of aromatic nitrogens is 1. The van der Waals surface area contributed by atoms with Gasteiger partial charge < -0.3 is 16.0 Å². The van der Waals surface area contributed by atoms with Crippen LogP contribution in [0, 0.1) is 0 Å². The van der Waals surface area contributed by atoms with Gasteiger partial charge in [-0.25, -0.2) is 0 Å². The number of rotatable bonds is 4. The van der Waals surface area contributed by atoms with Gasteiger partial charge in [0, 0.05) is 37.9 Å². The van der Waals surface area contributed by atoms with Gasteiger partial charge in [-0.2, -0.15) is 0 Å². The number of nitrogens with zero attached hydrogens (tertiary/aromatic N) is 2. The minimum atomic E-state index is -0.479. The molecule has 0 bridgehead atoms. The van der Waals surface area contributed by atoms with Gasteiger partial charge in [-0.15, -0.1) is 0 Å². The van der Waals surface area contributed by atoms with Crippen LogP contribution in [0.1, 0.15) is 36.5 Å². The predicted octanol–water partition coefficient (Wildman–Crippen LogP) is 0.675. The van der Waals surface area contributed by atoms with Gasteiger partial charge in [0.05, 0.1) is 11.3 Å². The van der Waals surface area contributed by atoms with Crippen LogP contribution in [0.3, 0.4) is 0 Å². The molecule has 6 heteroatoms. The van der Waals surface area contributed by atoms with Crippen molar-refractivity contribution in [3.8, 4) is 0 Å². The summed E-state index contributed by atoms with van der Waals surface area (Å²) in [6, 6.07) is 1.91. The van der Waals surface area contributed by atoms with E-state index in [4.69, 9.17) is 5.73 Å². The fourth-order valence-electron chi connectivity index (χ4n) is 2.50. The summed E-state index contributed by atoms with van der Waals surface area (Å²) in [5, 5.41) is 3.00. The third-order valence-electron chi connectivity index (χ3n) is 3.51. The summed E-state index contributed by atoms with van der Waals surface area (Å²) < 4.78 is 0. The molecule has 1 aromatic heterocycles. The monoisotopic (exact) mass is 276 g/mol. The minimum Gasteiger partial charge on any atom is -0.369 e. The van der Waals surface area contributed by atoms with E-state index in [1.807, 2.05) is 6.92 Å². The maximum Gasteiger partial charge on any atom is 0.252 e. The van der Waals surface area contributed by atoms with E-state index >= 15 is 0 Å². The lowest BCUT2D eigenvalue weighted by Gasteiger charge is -2.35. The zero-order chi connectivity index (χ0) is 14.5. The van der Waals surface area contributed by atoms with Crippen LogP contribution in [0.25, 0.3) is 0 Å². The second kappa shape index (κ2) is 6.36. The summed E-state index contributed by atoms with van der Waals surface area (Å²) in [5.41, 5.74) is 6.60. The standard InChI is InChI=1S/C14H20N4O2/c1-2-13(19)17-10-4-3-7-18(9-10)12-5-6-16-8-11(12)14(15)20/h5-6,8,10H,2-4,7,9H2,1H3,(H2,15,20)(H,17,19). The Morgan fingerprint density at radius 3 is 3.05 bits per heavy atom. The van der Waals surface area contributed by atoms with Crippen LogP contribution in [-0.2, 0) is 4.79 Å². The van der Waals surface area contributed by atoms with Gasteiger partial charge in [0.25, 0.3) is 5.91 Å². The highest BCUT2D eigenvalue weighted by Crippen LogP contribution is 2.23. The Labute approximate surface area is 118 Å². The van der Waals surface area contributed by atoms with Gasteiger partial charge >= 0.3 is 0 Å². The first-order valence-electron chi connectivity index (χ1n) is 6.90. The van der Waals surface area contributed by atoms with Gasteiger partial charge in [-0.1, -0.05) is 6.92 Å². The van der Waals surface area contributed by atoms with Gasteiger partial charge in [-0.05, 0) is 18.9 Å². The maximum absolute atomic E-state index is 11.5. The second-order valence-electron chi connectivity index (χ2n) is 4.96. The lowest BCUT2D eigenvalue weighted by atomic mass is 10.0. The van der Waals surface area contributed by atoms with Crippen molar-refractivity contribution in [1.29, 1.82) is 0 Å². The molecule has 0 aromatic carbocycles. The van der Waals surface area contributed by atoms with Crippen LogP contribution >= 0.6 is 0 Å². The molecule has 0 saturated carbocycles. The Hall–Kier alpha value is -2.11. The molecule has 2 heterocycles. The van der Waals surface area contributed by atoms with Crippen molar-refractivity contribution < 1.29 is 9.59 Å². The van der Waals surface area contributed by atoms with Crippen molar-refractivity contribution in [2.45, 2.75) is 32.2 Å². The summed E-state index contributed by atoms with van der Waals surface area (Å²) in [6.07, 6.45) is 5.55. The third-order valence-corrected chi connectivity index (χ3v) is 3.51. The molecule has 2 amide bonds. The van der Waals surface area contributed by atoms with E-state index in [0.717, 1.165) is 25.1 Å². The number of hydrogen-bond donors (Lipinski definition) is 2. The lowest BCUT2D eigenvalue weighted by molar-refractivity contribution is -0.121. The Bertz CT molecular complexity index is 504. The molecule has 1 aliphatic heterocycles. The molecule has 0 radical (unpaired) electrons. The highest BCUT2D eigenvalue weighted by Gasteiger charge is 2.23. The van der Waals surface area contributed by atoms with Crippen LogP contribution in [0.4, 0.5) is 5.69 Å². The Balaban J connectivity index is 2.13. The average molecular weight is 276 g/mol. The number of nitrogens with one attached hydrogen (secondary N) is 1. The van der Waals surface area contributed by atoms with Crippen molar-refractivity contribution in [3.05, 3.63) is 24.0 Å². The fraction of sp³-hybridized carbons (Fsp3) is 0.500. The summed E-state index contributed by atoms with van der Waals surface area (Å²) >= 11 is 0. The molecule has 0 aliphatic carbocycles. The van der Waals surface area contributed by atoms with E-state index in [2.05, 4.69) is 15.2 Å². The first-order valence-corrected chi connectivity index (χ1v) is 6.90. The molecule has 1 unspecified atom stereocenters. The highest BCUT2D eigenvalue weighted by molar-refractivity contribution is 5.98. The number of piperidine rings is 1.